The number of hydrogen-bond donors (Lipinski definition) is 1. The third kappa shape index (κ3) is 4.13. The third-order valence-electron chi connectivity index (χ3n) is 3.85. The summed E-state index contributed by atoms with van der Waals surface area (Å²) < 4.78 is 10.3. The highest BCUT2D eigenvalue weighted by atomic mass is 16.5. The summed E-state index contributed by atoms with van der Waals surface area (Å²) >= 11 is 0. The van der Waals surface area contributed by atoms with Gasteiger partial charge < -0.3 is 14.8 Å². The van der Waals surface area contributed by atoms with Crippen molar-refractivity contribution in [3.8, 4) is 5.75 Å². The summed E-state index contributed by atoms with van der Waals surface area (Å²) in [6, 6.07) is 10.7. The topological polar surface area (TPSA) is 64.6 Å². The molecule has 0 saturated heterocycles. The van der Waals surface area contributed by atoms with Gasteiger partial charge >= 0.3 is 5.97 Å². The fraction of sp³-hybridized carbons (Fsp3) is 0.263. The predicted octanol–water partition coefficient (Wildman–Crippen LogP) is 3.42. The molecule has 2 aromatic rings. The van der Waals surface area contributed by atoms with Crippen LogP contribution in [0.2, 0.25) is 0 Å². The van der Waals surface area contributed by atoms with Gasteiger partial charge in [0.05, 0.1) is 12.7 Å². The molecule has 0 saturated carbocycles. The Morgan fingerprint density at radius 1 is 1.04 bits per heavy atom. The molecule has 0 aliphatic rings. The first-order valence-corrected chi connectivity index (χ1v) is 7.60. The Morgan fingerprint density at radius 2 is 1.79 bits per heavy atom. The Morgan fingerprint density at radius 3 is 2.50 bits per heavy atom. The molecular formula is C19H21NO4. The lowest BCUT2D eigenvalue weighted by molar-refractivity contribution is -0.118. The summed E-state index contributed by atoms with van der Waals surface area (Å²) in [5.74, 6) is -0.0525. The number of carbonyl (C=O) groups excluding carboxylic acids is 2. The average Bonchev–Trinajstić information content (AvgIpc) is 2.57. The fourth-order valence-electron chi connectivity index (χ4n) is 2.21. The van der Waals surface area contributed by atoms with Crippen LogP contribution in [-0.2, 0) is 9.53 Å². The van der Waals surface area contributed by atoms with Gasteiger partial charge in [0, 0.05) is 5.69 Å². The molecular weight excluding hydrogens is 306 g/mol. The molecule has 1 N–H and O–H groups in total. The highest BCUT2D eigenvalue weighted by Gasteiger charge is 2.11. The summed E-state index contributed by atoms with van der Waals surface area (Å²) in [5.41, 5.74) is 3.91. The number of anilines is 1. The summed E-state index contributed by atoms with van der Waals surface area (Å²) in [4.78, 5) is 23.7. The lowest BCUT2D eigenvalue weighted by atomic mass is 10.1. The molecule has 0 spiro atoms. The molecule has 0 unspecified atom stereocenters. The summed E-state index contributed by atoms with van der Waals surface area (Å²) in [6.45, 7) is 5.69. The standard InChI is InChI=1S/C19H21NO4/c1-12-6-5-7-17(14(12)3)24-11-18(21)20-16-10-15(19(22)23-4)9-8-13(16)2/h5-10H,11H2,1-4H3,(H,20,21). The Hall–Kier alpha value is -2.82. The molecule has 2 rings (SSSR count). The molecule has 5 heteroatoms. The molecule has 0 fully saturated rings. The number of benzene rings is 2. The first-order valence-electron chi connectivity index (χ1n) is 7.60. The molecule has 5 nitrogen and oxygen atoms in total. The lowest BCUT2D eigenvalue weighted by Gasteiger charge is -2.12. The van der Waals surface area contributed by atoms with Crippen molar-refractivity contribution < 1.29 is 19.1 Å². The molecule has 1 amide bonds. The molecule has 0 bridgehead atoms. The normalized spacial score (nSPS) is 10.2. The second-order valence-corrected chi connectivity index (χ2v) is 5.56. The molecule has 0 atom stereocenters. The molecule has 2 aromatic carbocycles. The SMILES string of the molecule is COC(=O)c1ccc(C)c(NC(=O)COc2cccc(C)c2C)c1. The number of carbonyl (C=O) groups is 2. The van der Waals surface area contributed by atoms with Crippen LogP contribution in [0.5, 0.6) is 5.75 Å². The van der Waals surface area contributed by atoms with Crippen molar-refractivity contribution in [3.63, 3.8) is 0 Å². The van der Waals surface area contributed by atoms with E-state index in [2.05, 4.69) is 10.1 Å². The minimum Gasteiger partial charge on any atom is -0.483 e. The van der Waals surface area contributed by atoms with Gasteiger partial charge in [-0.3, -0.25) is 4.79 Å². The van der Waals surface area contributed by atoms with Gasteiger partial charge in [0.15, 0.2) is 6.61 Å². The minimum atomic E-state index is -0.447. The van der Waals surface area contributed by atoms with Crippen molar-refractivity contribution in [2.24, 2.45) is 0 Å². The molecule has 0 aliphatic carbocycles. The molecule has 0 aromatic heterocycles. The number of aryl methyl sites for hydroxylation is 2. The summed E-state index contributed by atoms with van der Waals surface area (Å²) in [6.07, 6.45) is 0. The zero-order chi connectivity index (χ0) is 17.7. The predicted molar refractivity (Wildman–Crippen MR) is 92.6 cm³/mol. The Bertz CT molecular complexity index is 768. The van der Waals surface area contributed by atoms with Crippen LogP contribution in [0.25, 0.3) is 0 Å². The van der Waals surface area contributed by atoms with Crippen molar-refractivity contribution >= 4 is 17.6 Å². The van der Waals surface area contributed by atoms with Gasteiger partial charge in [-0.1, -0.05) is 18.2 Å². The highest BCUT2D eigenvalue weighted by Crippen LogP contribution is 2.21. The maximum Gasteiger partial charge on any atom is 0.337 e. The van der Waals surface area contributed by atoms with Crippen LogP contribution >= 0.6 is 0 Å². The van der Waals surface area contributed by atoms with E-state index in [9.17, 15) is 9.59 Å². The maximum absolute atomic E-state index is 12.1. The molecule has 0 heterocycles. The van der Waals surface area contributed by atoms with Gasteiger partial charge in [0.25, 0.3) is 5.91 Å². The van der Waals surface area contributed by atoms with E-state index in [-0.39, 0.29) is 12.5 Å². The van der Waals surface area contributed by atoms with Crippen LogP contribution in [0.1, 0.15) is 27.0 Å². The van der Waals surface area contributed by atoms with Gasteiger partial charge in [-0.15, -0.1) is 0 Å². The van der Waals surface area contributed by atoms with Gasteiger partial charge in [0.1, 0.15) is 5.75 Å². The largest absolute Gasteiger partial charge is 0.483 e. The Kier molecular flexibility index (Phi) is 5.58. The molecule has 0 aliphatic heterocycles. The summed E-state index contributed by atoms with van der Waals surface area (Å²) in [5, 5.41) is 2.76. The van der Waals surface area contributed by atoms with E-state index in [0.29, 0.717) is 17.0 Å². The first kappa shape index (κ1) is 17.5. The van der Waals surface area contributed by atoms with Crippen LogP contribution in [0, 0.1) is 20.8 Å². The zero-order valence-corrected chi connectivity index (χ0v) is 14.3. The maximum atomic E-state index is 12.1. The Labute approximate surface area is 141 Å². The number of nitrogens with one attached hydrogen (secondary N) is 1. The van der Waals surface area contributed by atoms with Crippen molar-refractivity contribution in [1.82, 2.24) is 0 Å². The first-order chi connectivity index (χ1) is 11.4. The smallest absolute Gasteiger partial charge is 0.337 e. The van der Waals surface area contributed by atoms with E-state index in [1.165, 1.54) is 7.11 Å². The van der Waals surface area contributed by atoms with Gasteiger partial charge in [-0.05, 0) is 55.7 Å². The summed E-state index contributed by atoms with van der Waals surface area (Å²) in [7, 11) is 1.32. The van der Waals surface area contributed by atoms with E-state index < -0.39 is 5.97 Å². The number of amides is 1. The van der Waals surface area contributed by atoms with Crippen LogP contribution < -0.4 is 10.1 Å². The number of methoxy groups -OCH3 is 1. The number of esters is 1. The molecule has 0 radical (unpaired) electrons. The third-order valence-corrected chi connectivity index (χ3v) is 3.85. The minimum absolute atomic E-state index is 0.105. The van der Waals surface area contributed by atoms with Crippen molar-refractivity contribution in [3.05, 3.63) is 58.7 Å². The lowest BCUT2D eigenvalue weighted by Crippen LogP contribution is -2.21. The Balaban J connectivity index is 2.04. The van der Waals surface area contributed by atoms with Crippen LogP contribution in [-0.4, -0.2) is 25.6 Å². The van der Waals surface area contributed by atoms with E-state index >= 15 is 0 Å². The quantitative estimate of drug-likeness (QED) is 0.855. The second kappa shape index (κ2) is 7.64. The fourth-order valence-corrected chi connectivity index (χ4v) is 2.21. The van der Waals surface area contributed by atoms with E-state index in [0.717, 1.165) is 16.7 Å². The van der Waals surface area contributed by atoms with Gasteiger partial charge in [-0.2, -0.15) is 0 Å². The van der Waals surface area contributed by atoms with Crippen LogP contribution in [0.4, 0.5) is 5.69 Å². The van der Waals surface area contributed by atoms with E-state index in [1.807, 2.05) is 39.0 Å². The van der Waals surface area contributed by atoms with Crippen LogP contribution in [0.3, 0.4) is 0 Å². The highest BCUT2D eigenvalue weighted by molar-refractivity contribution is 5.95. The van der Waals surface area contributed by atoms with Crippen molar-refractivity contribution in [2.75, 3.05) is 19.0 Å². The van der Waals surface area contributed by atoms with Crippen LogP contribution in [0.15, 0.2) is 36.4 Å². The number of ether oxygens (including phenoxy) is 2. The number of hydrogen-bond acceptors (Lipinski definition) is 4. The van der Waals surface area contributed by atoms with E-state index in [1.54, 1.807) is 18.2 Å². The monoisotopic (exact) mass is 327 g/mol. The number of rotatable bonds is 5. The zero-order valence-electron chi connectivity index (χ0n) is 14.3. The van der Waals surface area contributed by atoms with Crippen molar-refractivity contribution in [1.29, 1.82) is 0 Å². The van der Waals surface area contributed by atoms with Crippen molar-refractivity contribution in [2.45, 2.75) is 20.8 Å². The molecule has 24 heavy (non-hydrogen) atoms. The average molecular weight is 327 g/mol. The van der Waals surface area contributed by atoms with E-state index in [4.69, 9.17) is 4.74 Å². The van der Waals surface area contributed by atoms with Gasteiger partial charge in [0.2, 0.25) is 0 Å². The van der Waals surface area contributed by atoms with Gasteiger partial charge in [-0.25, -0.2) is 4.79 Å². The second-order valence-electron chi connectivity index (χ2n) is 5.56. The molecule has 126 valence electrons.